The highest BCUT2D eigenvalue weighted by Gasteiger charge is 2.12. The Labute approximate surface area is 136 Å². The zero-order valence-electron chi connectivity index (χ0n) is 11.2. The Bertz CT molecular complexity index is 661. The number of oxime groups is 1. The maximum Gasteiger partial charge on any atom is 0.180 e. The summed E-state index contributed by atoms with van der Waals surface area (Å²) in [6.07, 6.45) is 1.27. The van der Waals surface area contributed by atoms with E-state index < -0.39 is 0 Å². The minimum absolute atomic E-state index is 0.364. The van der Waals surface area contributed by atoms with E-state index in [1.54, 1.807) is 12.1 Å². The maximum absolute atomic E-state index is 8.57. The van der Waals surface area contributed by atoms with Crippen LogP contribution in [0.25, 0.3) is 0 Å². The number of ether oxygens (including phenoxy) is 2. The summed E-state index contributed by atoms with van der Waals surface area (Å²) in [4.78, 5) is 0. The SMILES string of the molecule is COc1cc(/C=N\O)cc(Cl)c1OCc1cccc(Br)c1. The molecule has 0 aliphatic heterocycles. The number of hydrogen-bond acceptors (Lipinski definition) is 4. The van der Waals surface area contributed by atoms with Crippen LogP contribution in [0.1, 0.15) is 11.1 Å². The van der Waals surface area contributed by atoms with Gasteiger partial charge in [0.05, 0.1) is 18.3 Å². The number of benzene rings is 2. The molecule has 6 heteroatoms. The number of methoxy groups -OCH3 is 1. The molecule has 2 rings (SSSR count). The molecule has 0 atom stereocenters. The zero-order chi connectivity index (χ0) is 15.2. The molecule has 0 amide bonds. The molecule has 2 aromatic rings. The van der Waals surface area contributed by atoms with E-state index in [4.69, 9.17) is 26.3 Å². The molecule has 0 spiro atoms. The third-order valence-corrected chi connectivity index (χ3v) is 3.50. The van der Waals surface area contributed by atoms with Crippen molar-refractivity contribution < 1.29 is 14.7 Å². The minimum Gasteiger partial charge on any atom is -0.493 e. The van der Waals surface area contributed by atoms with Crippen molar-refractivity contribution in [1.29, 1.82) is 0 Å². The van der Waals surface area contributed by atoms with Gasteiger partial charge >= 0.3 is 0 Å². The summed E-state index contributed by atoms with van der Waals surface area (Å²) in [5.74, 6) is 0.932. The van der Waals surface area contributed by atoms with Gasteiger partial charge in [-0.1, -0.05) is 44.8 Å². The van der Waals surface area contributed by atoms with E-state index in [1.165, 1.54) is 13.3 Å². The molecule has 0 saturated carbocycles. The van der Waals surface area contributed by atoms with Crippen LogP contribution in [0.15, 0.2) is 46.0 Å². The highest BCUT2D eigenvalue weighted by molar-refractivity contribution is 9.10. The fourth-order valence-electron chi connectivity index (χ4n) is 1.80. The first-order valence-electron chi connectivity index (χ1n) is 6.06. The molecule has 0 aliphatic rings. The first-order chi connectivity index (χ1) is 10.1. The second-order valence-corrected chi connectivity index (χ2v) is 5.52. The van der Waals surface area contributed by atoms with Crippen molar-refractivity contribution in [2.75, 3.05) is 7.11 Å². The topological polar surface area (TPSA) is 51.0 Å². The summed E-state index contributed by atoms with van der Waals surface area (Å²) >= 11 is 9.60. The van der Waals surface area contributed by atoms with Gasteiger partial charge < -0.3 is 14.7 Å². The number of hydrogen-bond donors (Lipinski definition) is 1. The Hall–Kier alpha value is -1.72. The van der Waals surface area contributed by atoms with E-state index in [-0.39, 0.29) is 0 Å². The van der Waals surface area contributed by atoms with E-state index in [0.29, 0.717) is 28.7 Å². The largest absolute Gasteiger partial charge is 0.493 e. The normalized spacial score (nSPS) is 10.8. The molecule has 0 saturated heterocycles. The van der Waals surface area contributed by atoms with Crippen molar-refractivity contribution >= 4 is 33.7 Å². The average Bonchev–Trinajstić information content (AvgIpc) is 2.46. The molecule has 1 N–H and O–H groups in total. The molecule has 110 valence electrons. The summed E-state index contributed by atoms with van der Waals surface area (Å²) in [5, 5.41) is 11.9. The second-order valence-electron chi connectivity index (χ2n) is 4.20. The van der Waals surface area contributed by atoms with Crippen LogP contribution in [0, 0.1) is 0 Å². The standard InChI is InChI=1S/C15H13BrClNO3/c1-20-14-7-11(8-18-19)6-13(17)15(14)21-9-10-3-2-4-12(16)5-10/h2-8,19H,9H2,1H3/b18-8-. The van der Waals surface area contributed by atoms with Crippen LogP contribution in [0.5, 0.6) is 11.5 Å². The van der Waals surface area contributed by atoms with Gasteiger partial charge in [0.15, 0.2) is 11.5 Å². The molecule has 0 aliphatic carbocycles. The van der Waals surface area contributed by atoms with E-state index in [0.717, 1.165) is 10.0 Å². The zero-order valence-corrected chi connectivity index (χ0v) is 13.6. The molecule has 2 aromatic carbocycles. The van der Waals surface area contributed by atoms with Crippen molar-refractivity contribution in [3.63, 3.8) is 0 Å². The molecule has 0 fully saturated rings. The molecule has 0 unspecified atom stereocenters. The van der Waals surface area contributed by atoms with E-state index in [2.05, 4.69) is 21.1 Å². The minimum atomic E-state index is 0.364. The number of nitrogens with zero attached hydrogens (tertiary/aromatic N) is 1. The summed E-state index contributed by atoms with van der Waals surface area (Å²) in [6.45, 7) is 0.364. The lowest BCUT2D eigenvalue weighted by Gasteiger charge is -2.13. The van der Waals surface area contributed by atoms with Gasteiger partial charge in [-0.2, -0.15) is 0 Å². The molecule has 0 aromatic heterocycles. The van der Waals surface area contributed by atoms with Gasteiger partial charge in [0, 0.05) is 10.0 Å². The molecule has 0 radical (unpaired) electrons. The monoisotopic (exact) mass is 369 g/mol. The summed E-state index contributed by atoms with van der Waals surface area (Å²) < 4.78 is 12.0. The Morgan fingerprint density at radius 3 is 2.81 bits per heavy atom. The second kappa shape index (κ2) is 7.33. The lowest BCUT2D eigenvalue weighted by molar-refractivity contribution is 0.284. The Morgan fingerprint density at radius 1 is 1.33 bits per heavy atom. The van der Waals surface area contributed by atoms with Crippen LogP contribution < -0.4 is 9.47 Å². The quantitative estimate of drug-likeness (QED) is 0.479. The van der Waals surface area contributed by atoms with Crippen molar-refractivity contribution in [3.8, 4) is 11.5 Å². The third-order valence-electron chi connectivity index (χ3n) is 2.73. The first kappa shape index (κ1) is 15.7. The Morgan fingerprint density at radius 2 is 2.14 bits per heavy atom. The number of rotatable bonds is 5. The molecule has 0 heterocycles. The number of halogens is 2. The van der Waals surface area contributed by atoms with Gasteiger partial charge in [0.1, 0.15) is 6.61 Å². The van der Waals surface area contributed by atoms with Crippen LogP contribution in [-0.4, -0.2) is 18.5 Å². The molecular weight excluding hydrogens is 358 g/mol. The fourth-order valence-corrected chi connectivity index (χ4v) is 2.52. The van der Waals surface area contributed by atoms with Crippen LogP contribution in [0.2, 0.25) is 5.02 Å². The van der Waals surface area contributed by atoms with Gasteiger partial charge in [0.25, 0.3) is 0 Å². The van der Waals surface area contributed by atoms with Crippen LogP contribution in [0.4, 0.5) is 0 Å². The Kier molecular flexibility index (Phi) is 5.47. The highest BCUT2D eigenvalue weighted by atomic mass is 79.9. The van der Waals surface area contributed by atoms with E-state index in [1.807, 2.05) is 24.3 Å². The third kappa shape index (κ3) is 4.12. The maximum atomic E-state index is 8.57. The molecule has 0 bridgehead atoms. The van der Waals surface area contributed by atoms with Gasteiger partial charge in [-0.3, -0.25) is 0 Å². The average molecular weight is 371 g/mol. The van der Waals surface area contributed by atoms with Crippen LogP contribution in [-0.2, 0) is 6.61 Å². The predicted molar refractivity (Wildman–Crippen MR) is 85.9 cm³/mol. The van der Waals surface area contributed by atoms with Gasteiger partial charge in [-0.25, -0.2) is 0 Å². The predicted octanol–water partition coefficient (Wildman–Crippen LogP) is 4.50. The van der Waals surface area contributed by atoms with Crippen LogP contribution in [0.3, 0.4) is 0 Å². The van der Waals surface area contributed by atoms with Crippen LogP contribution >= 0.6 is 27.5 Å². The van der Waals surface area contributed by atoms with Gasteiger partial charge in [-0.15, -0.1) is 0 Å². The van der Waals surface area contributed by atoms with Crippen molar-refractivity contribution in [3.05, 3.63) is 57.0 Å². The van der Waals surface area contributed by atoms with Crippen molar-refractivity contribution in [2.45, 2.75) is 6.61 Å². The fraction of sp³-hybridized carbons (Fsp3) is 0.133. The lowest BCUT2D eigenvalue weighted by atomic mass is 10.2. The molecule has 4 nitrogen and oxygen atoms in total. The Balaban J connectivity index is 2.23. The smallest absolute Gasteiger partial charge is 0.180 e. The van der Waals surface area contributed by atoms with E-state index in [9.17, 15) is 0 Å². The highest BCUT2D eigenvalue weighted by Crippen LogP contribution is 2.36. The first-order valence-corrected chi connectivity index (χ1v) is 7.23. The van der Waals surface area contributed by atoms with Gasteiger partial charge in [-0.05, 0) is 29.8 Å². The van der Waals surface area contributed by atoms with Crippen molar-refractivity contribution in [1.82, 2.24) is 0 Å². The van der Waals surface area contributed by atoms with Crippen molar-refractivity contribution in [2.24, 2.45) is 5.16 Å². The summed E-state index contributed by atoms with van der Waals surface area (Å²) in [6, 6.07) is 11.1. The summed E-state index contributed by atoms with van der Waals surface area (Å²) in [5.41, 5.74) is 1.62. The lowest BCUT2D eigenvalue weighted by Crippen LogP contribution is -1.99. The molecular formula is C15H13BrClNO3. The molecule has 21 heavy (non-hydrogen) atoms. The van der Waals surface area contributed by atoms with E-state index >= 15 is 0 Å². The summed E-state index contributed by atoms with van der Waals surface area (Å²) in [7, 11) is 1.53. The van der Waals surface area contributed by atoms with Gasteiger partial charge in [0.2, 0.25) is 0 Å².